The molecule has 0 aliphatic rings. The first-order chi connectivity index (χ1) is 9.20. The maximum Gasteiger partial charge on any atom is 0.311 e. The van der Waals surface area contributed by atoms with Gasteiger partial charge in [-0.25, -0.2) is 4.98 Å². The number of hydrogen-bond donors (Lipinski definition) is 1. The Kier molecular flexibility index (Phi) is 4.09. The fourth-order valence-corrected chi connectivity index (χ4v) is 1.63. The number of benzene rings is 1. The average Bonchev–Trinajstić information content (AvgIpc) is 2.92. The fraction of sp³-hybridized carbons (Fsp3) is 0.250. The van der Waals surface area contributed by atoms with E-state index in [1.165, 1.54) is 6.07 Å². The van der Waals surface area contributed by atoms with Crippen molar-refractivity contribution in [2.24, 2.45) is 5.73 Å². The van der Waals surface area contributed by atoms with Crippen LogP contribution in [0.4, 0.5) is 5.69 Å². The molecule has 7 nitrogen and oxygen atoms in total. The van der Waals surface area contributed by atoms with Crippen molar-refractivity contribution in [2.45, 2.75) is 13.1 Å². The molecule has 0 saturated heterocycles. The van der Waals surface area contributed by atoms with Crippen LogP contribution in [0.15, 0.2) is 36.9 Å². The monoisotopic (exact) mass is 262 g/mol. The van der Waals surface area contributed by atoms with E-state index in [9.17, 15) is 10.1 Å². The van der Waals surface area contributed by atoms with Crippen LogP contribution in [0.1, 0.15) is 5.56 Å². The van der Waals surface area contributed by atoms with Gasteiger partial charge in [0.1, 0.15) is 6.61 Å². The van der Waals surface area contributed by atoms with Crippen LogP contribution in [-0.2, 0) is 13.1 Å². The smallest absolute Gasteiger partial charge is 0.311 e. The van der Waals surface area contributed by atoms with E-state index in [0.717, 1.165) is 0 Å². The van der Waals surface area contributed by atoms with Crippen molar-refractivity contribution in [3.63, 3.8) is 0 Å². The molecule has 0 amide bonds. The number of nitrogens with two attached hydrogens (primary N) is 1. The maximum absolute atomic E-state index is 11.0. The lowest BCUT2D eigenvalue weighted by atomic mass is 10.2. The van der Waals surface area contributed by atoms with E-state index < -0.39 is 4.92 Å². The highest BCUT2D eigenvalue weighted by Gasteiger charge is 2.15. The minimum Gasteiger partial charge on any atom is -0.485 e. The number of nitro benzene ring substituents is 1. The maximum atomic E-state index is 11.0. The van der Waals surface area contributed by atoms with Gasteiger partial charge in [0, 0.05) is 25.0 Å². The van der Waals surface area contributed by atoms with Crippen molar-refractivity contribution in [2.75, 3.05) is 6.61 Å². The molecule has 0 aliphatic heterocycles. The third-order valence-electron chi connectivity index (χ3n) is 2.62. The van der Waals surface area contributed by atoms with Gasteiger partial charge >= 0.3 is 5.69 Å². The Morgan fingerprint density at radius 2 is 2.32 bits per heavy atom. The highest BCUT2D eigenvalue weighted by molar-refractivity contribution is 5.48. The van der Waals surface area contributed by atoms with E-state index >= 15 is 0 Å². The first kappa shape index (κ1) is 13.0. The molecule has 1 heterocycles. The second-order valence-electron chi connectivity index (χ2n) is 3.91. The number of imidazole rings is 1. The van der Waals surface area contributed by atoms with Gasteiger partial charge < -0.3 is 15.0 Å². The number of ether oxygens (including phenoxy) is 1. The summed E-state index contributed by atoms with van der Waals surface area (Å²) in [5.74, 6) is 0.252. The number of aromatic nitrogens is 2. The van der Waals surface area contributed by atoms with Crippen LogP contribution in [0.3, 0.4) is 0 Å². The van der Waals surface area contributed by atoms with E-state index in [1.807, 2.05) is 4.57 Å². The van der Waals surface area contributed by atoms with Gasteiger partial charge in [0.15, 0.2) is 5.75 Å². The van der Waals surface area contributed by atoms with Crippen molar-refractivity contribution >= 4 is 5.69 Å². The molecular weight excluding hydrogens is 248 g/mol. The Labute approximate surface area is 109 Å². The largest absolute Gasteiger partial charge is 0.485 e. The number of nitrogens with zero attached hydrogens (tertiary/aromatic N) is 3. The van der Waals surface area contributed by atoms with Gasteiger partial charge in [0.2, 0.25) is 0 Å². The third-order valence-corrected chi connectivity index (χ3v) is 2.62. The molecular formula is C12H14N4O3. The van der Waals surface area contributed by atoms with E-state index in [0.29, 0.717) is 18.7 Å². The van der Waals surface area contributed by atoms with E-state index in [2.05, 4.69) is 4.98 Å². The van der Waals surface area contributed by atoms with Crippen LogP contribution in [0.5, 0.6) is 5.75 Å². The summed E-state index contributed by atoms with van der Waals surface area (Å²) in [4.78, 5) is 14.4. The second-order valence-corrected chi connectivity index (χ2v) is 3.91. The minimum absolute atomic E-state index is 0.0615. The summed E-state index contributed by atoms with van der Waals surface area (Å²) in [6.07, 6.45) is 5.13. The first-order valence-electron chi connectivity index (χ1n) is 5.76. The standard InChI is InChI=1S/C12H14N4O3/c13-8-10-1-2-12(11(7-10)16(17)18)19-6-5-15-4-3-14-9-15/h1-4,7,9H,5-6,8,13H2. The van der Waals surface area contributed by atoms with Crippen LogP contribution in [0, 0.1) is 10.1 Å². The lowest BCUT2D eigenvalue weighted by Gasteiger charge is -2.08. The highest BCUT2D eigenvalue weighted by Crippen LogP contribution is 2.27. The topological polar surface area (TPSA) is 96.2 Å². The number of rotatable bonds is 6. The quantitative estimate of drug-likeness (QED) is 0.625. The molecule has 0 saturated carbocycles. The Morgan fingerprint density at radius 1 is 1.47 bits per heavy atom. The van der Waals surface area contributed by atoms with Crippen LogP contribution in [0.25, 0.3) is 0 Å². The zero-order chi connectivity index (χ0) is 13.7. The van der Waals surface area contributed by atoms with Gasteiger partial charge in [0.25, 0.3) is 0 Å². The lowest BCUT2D eigenvalue weighted by Crippen LogP contribution is -2.08. The van der Waals surface area contributed by atoms with Crippen molar-refractivity contribution < 1.29 is 9.66 Å². The van der Waals surface area contributed by atoms with Gasteiger partial charge in [0.05, 0.1) is 17.8 Å². The van der Waals surface area contributed by atoms with Crippen LogP contribution >= 0.6 is 0 Å². The van der Waals surface area contributed by atoms with Crippen molar-refractivity contribution in [3.8, 4) is 5.75 Å². The van der Waals surface area contributed by atoms with Crippen molar-refractivity contribution in [1.29, 1.82) is 0 Å². The molecule has 0 bridgehead atoms. The van der Waals surface area contributed by atoms with Gasteiger partial charge in [-0.15, -0.1) is 0 Å². The van der Waals surface area contributed by atoms with E-state index in [4.69, 9.17) is 10.5 Å². The predicted octanol–water partition coefficient (Wildman–Crippen LogP) is 1.33. The summed E-state index contributed by atoms with van der Waals surface area (Å²) in [6, 6.07) is 4.74. The SMILES string of the molecule is NCc1ccc(OCCn2ccnc2)c([N+](=O)[O-])c1. The third kappa shape index (κ3) is 3.29. The first-order valence-corrected chi connectivity index (χ1v) is 5.76. The zero-order valence-electron chi connectivity index (χ0n) is 10.2. The van der Waals surface area contributed by atoms with Gasteiger partial charge in [-0.05, 0) is 11.6 Å². The molecule has 2 aromatic rings. The summed E-state index contributed by atoms with van der Waals surface area (Å²) in [5.41, 5.74) is 6.10. The summed E-state index contributed by atoms with van der Waals surface area (Å²) >= 11 is 0. The van der Waals surface area contributed by atoms with Crippen molar-refractivity contribution in [1.82, 2.24) is 9.55 Å². The molecule has 0 atom stereocenters. The number of hydrogen-bond acceptors (Lipinski definition) is 5. The lowest BCUT2D eigenvalue weighted by molar-refractivity contribution is -0.385. The molecule has 19 heavy (non-hydrogen) atoms. The van der Waals surface area contributed by atoms with Gasteiger partial charge in [-0.3, -0.25) is 10.1 Å². The van der Waals surface area contributed by atoms with Gasteiger partial charge in [-0.1, -0.05) is 6.07 Å². The highest BCUT2D eigenvalue weighted by atomic mass is 16.6. The molecule has 2 rings (SSSR count). The summed E-state index contributed by atoms with van der Waals surface area (Å²) in [5, 5.41) is 11.0. The molecule has 0 fully saturated rings. The average molecular weight is 262 g/mol. The molecule has 1 aromatic heterocycles. The Balaban J connectivity index is 2.04. The minimum atomic E-state index is -0.467. The molecule has 0 aliphatic carbocycles. The fourth-order valence-electron chi connectivity index (χ4n) is 1.63. The van der Waals surface area contributed by atoms with E-state index in [1.54, 1.807) is 30.9 Å². The molecule has 7 heteroatoms. The number of nitro groups is 1. The van der Waals surface area contributed by atoms with Gasteiger partial charge in [-0.2, -0.15) is 0 Å². The normalized spacial score (nSPS) is 10.4. The summed E-state index contributed by atoms with van der Waals surface area (Å²) < 4.78 is 7.27. The van der Waals surface area contributed by atoms with Crippen molar-refractivity contribution in [3.05, 3.63) is 52.6 Å². The molecule has 0 unspecified atom stereocenters. The molecule has 100 valence electrons. The summed E-state index contributed by atoms with van der Waals surface area (Å²) in [7, 11) is 0. The Hall–Kier alpha value is -2.41. The van der Waals surface area contributed by atoms with Crippen LogP contribution < -0.4 is 10.5 Å². The molecule has 0 spiro atoms. The van der Waals surface area contributed by atoms with Crippen LogP contribution in [-0.4, -0.2) is 21.1 Å². The van der Waals surface area contributed by atoms with Crippen LogP contribution in [0.2, 0.25) is 0 Å². The molecule has 1 aromatic carbocycles. The Morgan fingerprint density at radius 3 is 2.95 bits per heavy atom. The second kappa shape index (κ2) is 5.96. The summed E-state index contributed by atoms with van der Waals surface area (Å²) in [6.45, 7) is 1.17. The van der Waals surface area contributed by atoms with E-state index in [-0.39, 0.29) is 18.0 Å². The predicted molar refractivity (Wildman–Crippen MR) is 68.7 cm³/mol. The zero-order valence-corrected chi connectivity index (χ0v) is 10.2. The molecule has 0 radical (unpaired) electrons. The Bertz CT molecular complexity index is 554. The molecule has 2 N–H and O–H groups in total.